The molecular weight excluding hydrogens is 232 g/mol. The Morgan fingerprint density at radius 2 is 1.09 bits per heavy atom. The fourth-order valence-corrected chi connectivity index (χ4v) is 0.632. The first-order valence-electron chi connectivity index (χ1n) is 1.53. The van der Waals surface area contributed by atoms with Gasteiger partial charge in [-0.05, 0) is 0 Å². The second-order valence-corrected chi connectivity index (χ2v) is 2.97. The zero-order valence-corrected chi connectivity index (χ0v) is 8.71. The van der Waals surface area contributed by atoms with Crippen molar-refractivity contribution in [2.45, 2.75) is 0 Å². The minimum absolute atomic E-state index is 0. The normalized spacial score (nSPS) is 12.2. The van der Waals surface area contributed by atoms with Crippen molar-refractivity contribution in [1.29, 1.82) is 0 Å². The molecule has 8 nitrogen and oxygen atoms in total. The quantitative estimate of drug-likeness (QED) is 0.259. The molecule has 0 radical (unpaired) electrons. The van der Waals surface area contributed by atoms with Gasteiger partial charge in [-0.3, -0.25) is 9.11 Å². The van der Waals surface area contributed by atoms with Crippen LogP contribution in [0.25, 0.3) is 0 Å². The van der Waals surface area contributed by atoms with E-state index < -0.39 is 20.8 Å². The van der Waals surface area contributed by atoms with Crippen LogP contribution in [0.4, 0.5) is 0 Å². The minimum Gasteiger partial charge on any atom is -1.00 e. The molecule has 0 atom stereocenters. The van der Waals surface area contributed by atoms with Crippen molar-refractivity contribution in [3.05, 3.63) is 0 Å². The van der Waals surface area contributed by atoms with Crippen molar-refractivity contribution in [2.24, 2.45) is 0 Å². The summed E-state index contributed by atoms with van der Waals surface area (Å²) < 4.78 is 58.9. The Morgan fingerprint density at radius 1 is 0.909 bits per heavy atom. The van der Waals surface area contributed by atoms with Gasteiger partial charge in [0.15, 0.2) is 0 Å². The summed E-state index contributed by atoms with van der Waals surface area (Å²) in [5.41, 5.74) is 0. The van der Waals surface area contributed by atoms with E-state index in [1.807, 2.05) is 0 Å². The van der Waals surface area contributed by atoms with E-state index in [-0.39, 0.29) is 40.6 Å². The second kappa shape index (κ2) is 4.89. The summed E-state index contributed by atoms with van der Waals surface area (Å²) in [7, 11) is -10.0. The monoisotopic (exact) mass is 236 g/mol. The molecule has 0 aliphatic carbocycles. The third kappa shape index (κ3) is 13.9. The van der Waals surface area contributed by atoms with Crippen LogP contribution in [0, 0.1) is 0 Å². The fraction of sp³-hybridized carbons (Fsp3) is 0. The van der Waals surface area contributed by atoms with Crippen LogP contribution in [-0.2, 0) is 29.5 Å². The van der Waals surface area contributed by atoms with E-state index in [1.165, 1.54) is 0 Å². The Balaban J connectivity index is -0.000000135. The molecule has 11 heavy (non-hydrogen) atoms. The van der Waals surface area contributed by atoms with Gasteiger partial charge >= 0.3 is 58.5 Å². The molecule has 0 heterocycles. The topological polar surface area (TPSA) is 127 Å². The predicted octanol–water partition coefficient (Wildman–Crippen LogP) is -1.62. The maximum atomic E-state index is 9.51. The largest absolute Gasteiger partial charge is 2.00 e. The zero-order chi connectivity index (χ0) is 8.41. The van der Waals surface area contributed by atoms with Crippen LogP contribution in [-0.4, -0.2) is 63.7 Å². The van der Waals surface area contributed by atoms with Crippen LogP contribution < -0.4 is 0 Å². The molecule has 11 heteroatoms. The maximum Gasteiger partial charge on any atom is 2.00 e. The number of rotatable bonds is 3. The first-order valence-corrected chi connectivity index (χ1v) is 4.26. The second-order valence-electron chi connectivity index (χ2n) is 0.992. The minimum atomic E-state index is -5.02. The SMILES string of the molecule is O=S(=O)(O)OOS(=O)(=O)O.[Ca+2].[H-].[H-]. The van der Waals surface area contributed by atoms with Gasteiger partial charge in [0, 0.05) is 0 Å². The molecule has 0 spiro atoms. The van der Waals surface area contributed by atoms with Gasteiger partial charge in [0.25, 0.3) is 0 Å². The summed E-state index contributed by atoms with van der Waals surface area (Å²) in [6.45, 7) is 0. The molecule has 0 saturated heterocycles. The van der Waals surface area contributed by atoms with Crippen LogP contribution in [0.3, 0.4) is 0 Å². The van der Waals surface area contributed by atoms with E-state index in [9.17, 15) is 16.8 Å². The Hall–Kier alpha value is 1.000. The molecule has 0 aromatic rings. The molecule has 0 aliphatic rings. The van der Waals surface area contributed by atoms with E-state index >= 15 is 0 Å². The maximum absolute atomic E-state index is 9.51. The summed E-state index contributed by atoms with van der Waals surface area (Å²) in [5, 5.41) is 0. The van der Waals surface area contributed by atoms with Crippen molar-refractivity contribution < 1.29 is 37.5 Å². The summed E-state index contributed by atoms with van der Waals surface area (Å²) in [6, 6.07) is 0. The van der Waals surface area contributed by atoms with Gasteiger partial charge in [-0.1, -0.05) is 8.67 Å². The average molecular weight is 236 g/mol. The summed E-state index contributed by atoms with van der Waals surface area (Å²) in [5.74, 6) is 0. The molecule has 0 aliphatic heterocycles. The summed E-state index contributed by atoms with van der Waals surface area (Å²) >= 11 is 0. The van der Waals surface area contributed by atoms with Crippen molar-refractivity contribution in [2.75, 3.05) is 0 Å². The molecule has 0 bridgehead atoms. The molecule has 0 fully saturated rings. The molecule has 0 aromatic heterocycles. The van der Waals surface area contributed by atoms with E-state index in [0.29, 0.717) is 0 Å². The van der Waals surface area contributed by atoms with E-state index in [2.05, 4.69) is 8.67 Å². The Labute approximate surface area is 95.3 Å². The molecule has 0 rings (SSSR count). The Kier molecular flexibility index (Phi) is 6.45. The van der Waals surface area contributed by atoms with Crippen molar-refractivity contribution >= 4 is 58.5 Å². The Morgan fingerprint density at radius 3 is 1.18 bits per heavy atom. The smallest absolute Gasteiger partial charge is 1.00 e. The van der Waals surface area contributed by atoms with Gasteiger partial charge < -0.3 is 2.85 Å². The van der Waals surface area contributed by atoms with Gasteiger partial charge in [-0.2, -0.15) is 16.8 Å². The first kappa shape index (κ1) is 14.5. The van der Waals surface area contributed by atoms with Gasteiger partial charge in [-0.15, -0.1) is 0 Å². The van der Waals surface area contributed by atoms with Crippen molar-refractivity contribution in [3.63, 3.8) is 0 Å². The Bertz CT molecular complexity index is 256. The third-order valence-electron chi connectivity index (χ3n) is 0.200. The number of hydrogen-bond donors (Lipinski definition) is 2. The van der Waals surface area contributed by atoms with Crippen LogP contribution in [0.1, 0.15) is 2.85 Å². The standard InChI is InChI=1S/Ca.H2O8S2.2H/c;1-9(2,3)7-8-10(4,5)6;;/h;(H,1,2,3)(H,4,5,6);;/q+2;;2*-1. The van der Waals surface area contributed by atoms with Crippen LogP contribution in [0.15, 0.2) is 0 Å². The molecule has 0 amide bonds. The van der Waals surface area contributed by atoms with Gasteiger partial charge in [-0.25, -0.2) is 0 Å². The molecular formula is H4CaO8S2. The summed E-state index contributed by atoms with van der Waals surface area (Å²) in [4.78, 5) is 0. The average Bonchev–Trinajstić information content (AvgIpc) is 1.57. The number of hydrogen-bond acceptors (Lipinski definition) is 6. The van der Waals surface area contributed by atoms with Gasteiger partial charge in [0.05, 0.1) is 0 Å². The van der Waals surface area contributed by atoms with Gasteiger partial charge in [0.1, 0.15) is 0 Å². The van der Waals surface area contributed by atoms with Crippen molar-refractivity contribution in [3.8, 4) is 0 Å². The van der Waals surface area contributed by atoms with E-state index in [0.717, 1.165) is 0 Å². The van der Waals surface area contributed by atoms with Crippen molar-refractivity contribution in [1.82, 2.24) is 0 Å². The predicted molar refractivity (Wildman–Crippen MR) is 33.2 cm³/mol. The molecule has 66 valence electrons. The summed E-state index contributed by atoms with van der Waals surface area (Å²) in [6.07, 6.45) is 0. The molecule has 0 saturated carbocycles. The van der Waals surface area contributed by atoms with Crippen LogP contribution in [0.2, 0.25) is 0 Å². The molecule has 0 aromatic carbocycles. The zero-order valence-electron chi connectivity index (χ0n) is 6.87. The van der Waals surface area contributed by atoms with Crippen LogP contribution in [0.5, 0.6) is 0 Å². The fourth-order valence-electron chi connectivity index (χ4n) is 0.0702. The molecule has 0 unspecified atom stereocenters. The first-order chi connectivity index (χ1) is 4.21. The van der Waals surface area contributed by atoms with Crippen LogP contribution >= 0.6 is 0 Å². The molecule has 2 N–H and O–H groups in total. The van der Waals surface area contributed by atoms with Gasteiger partial charge in [0.2, 0.25) is 0 Å². The van der Waals surface area contributed by atoms with E-state index in [4.69, 9.17) is 9.11 Å². The van der Waals surface area contributed by atoms with E-state index in [1.54, 1.807) is 0 Å². The third-order valence-corrected chi connectivity index (χ3v) is 0.766.